The molecule has 0 spiro atoms. The van der Waals surface area contributed by atoms with Gasteiger partial charge in [-0.15, -0.1) is 0 Å². The van der Waals surface area contributed by atoms with Gasteiger partial charge in [-0.1, -0.05) is 0 Å². The summed E-state index contributed by atoms with van der Waals surface area (Å²) in [5.41, 5.74) is 0.431. The van der Waals surface area contributed by atoms with Gasteiger partial charge in [0.05, 0.1) is 17.9 Å². The molecule has 0 bridgehead atoms. The maximum Gasteiger partial charge on any atom is 0.392 e. The monoisotopic (exact) mass is 511 g/mol. The van der Waals surface area contributed by atoms with Crippen LogP contribution in [0, 0.1) is 17.5 Å². The fraction of sp³-hybridized carbons (Fsp3) is 0.400. The molecule has 1 fully saturated rings. The van der Waals surface area contributed by atoms with Crippen LogP contribution in [0.1, 0.15) is 24.8 Å². The third kappa shape index (κ3) is 6.17. The number of carbonyl (C=O) groups excluding carboxylic acids is 1. The molecule has 1 N–H and O–H groups in total. The Morgan fingerprint density at radius 2 is 1.85 bits per heavy atom. The van der Waals surface area contributed by atoms with E-state index >= 15 is 0 Å². The van der Waals surface area contributed by atoms with Crippen molar-refractivity contribution in [2.75, 3.05) is 13.2 Å². The molecule has 2 aromatic rings. The second kappa shape index (κ2) is 10.2. The van der Waals surface area contributed by atoms with E-state index in [0.717, 1.165) is 4.31 Å². The number of benzene rings is 1. The highest BCUT2D eigenvalue weighted by molar-refractivity contribution is 7.89. The first-order chi connectivity index (χ1) is 15.9. The molecule has 0 unspecified atom stereocenters. The van der Waals surface area contributed by atoms with Crippen molar-refractivity contribution in [3.63, 3.8) is 0 Å². The fourth-order valence-corrected chi connectivity index (χ4v) is 5.01. The van der Waals surface area contributed by atoms with E-state index in [0.29, 0.717) is 24.1 Å². The van der Waals surface area contributed by atoms with Crippen molar-refractivity contribution in [2.24, 2.45) is 0 Å². The minimum absolute atomic E-state index is 0.0820. The van der Waals surface area contributed by atoms with Crippen LogP contribution in [0.25, 0.3) is 0 Å². The zero-order valence-corrected chi connectivity index (χ0v) is 18.2. The summed E-state index contributed by atoms with van der Waals surface area (Å²) >= 11 is 0. The summed E-state index contributed by atoms with van der Waals surface area (Å²) in [5, 5.41) is 2.52. The predicted molar refractivity (Wildman–Crippen MR) is 105 cm³/mol. The summed E-state index contributed by atoms with van der Waals surface area (Å²) < 4.78 is 108. The number of nitrogens with zero attached hydrogens (tertiary/aromatic N) is 2. The van der Waals surface area contributed by atoms with Crippen molar-refractivity contribution in [2.45, 2.75) is 42.9 Å². The van der Waals surface area contributed by atoms with Gasteiger partial charge < -0.3 is 10.1 Å². The van der Waals surface area contributed by atoms with Gasteiger partial charge in [-0.2, -0.15) is 17.5 Å². The number of alkyl halides is 3. The van der Waals surface area contributed by atoms with E-state index in [1.54, 1.807) is 0 Å². The van der Waals surface area contributed by atoms with Crippen LogP contribution >= 0.6 is 0 Å². The zero-order valence-electron chi connectivity index (χ0n) is 17.4. The molecule has 3 rings (SSSR count). The van der Waals surface area contributed by atoms with E-state index in [4.69, 9.17) is 4.74 Å². The Bertz CT molecular complexity index is 1140. The molecule has 14 heteroatoms. The Labute approximate surface area is 190 Å². The van der Waals surface area contributed by atoms with Crippen LogP contribution in [-0.2, 0) is 21.4 Å². The molecule has 2 heterocycles. The number of sulfonamides is 1. The van der Waals surface area contributed by atoms with Crippen molar-refractivity contribution in [1.29, 1.82) is 0 Å². The topological polar surface area (TPSA) is 88.6 Å². The number of hydrogen-bond donors (Lipinski definition) is 1. The molecule has 7 nitrogen and oxygen atoms in total. The maximum absolute atomic E-state index is 13.5. The van der Waals surface area contributed by atoms with E-state index < -0.39 is 63.5 Å². The number of hydrogen-bond acceptors (Lipinski definition) is 5. The van der Waals surface area contributed by atoms with Crippen LogP contribution in [0.2, 0.25) is 0 Å². The summed E-state index contributed by atoms with van der Waals surface area (Å²) in [6, 6.07) is 2.32. The molecule has 1 aromatic carbocycles. The van der Waals surface area contributed by atoms with Gasteiger partial charge in [0.1, 0.15) is 6.04 Å². The first kappa shape index (κ1) is 25.7. The van der Waals surface area contributed by atoms with Crippen molar-refractivity contribution in [1.82, 2.24) is 14.6 Å². The Kier molecular flexibility index (Phi) is 7.70. The average molecular weight is 511 g/mol. The number of halogens is 6. The molecule has 1 atom stereocenters. The lowest BCUT2D eigenvalue weighted by atomic mass is 10.2. The number of carbonyl (C=O) groups is 1. The first-order valence-corrected chi connectivity index (χ1v) is 11.4. The number of rotatable bonds is 8. The van der Waals surface area contributed by atoms with Crippen LogP contribution in [-0.4, -0.2) is 49.0 Å². The molecule has 1 aliphatic heterocycles. The number of aromatic nitrogens is 1. The van der Waals surface area contributed by atoms with Crippen LogP contribution in [0.4, 0.5) is 26.3 Å². The van der Waals surface area contributed by atoms with Crippen molar-refractivity contribution < 1.29 is 44.3 Å². The summed E-state index contributed by atoms with van der Waals surface area (Å²) in [6.45, 7) is -0.833. The Balaban J connectivity index is 1.65. The number of amides is 1. The molecule has 1 saturated heterocycles. The Morgan fingerprint density at radius 3 is 2.50 bits per heavy atom. The molecule has 1 aliphatic rings. The summed E-state index contributed by atoms with van der Waals surface area (Å²) in [4.78, 5) is 15.6. The number of nitrogens with one attached hydrogen (secondary N) is 1. The molecule has 34 heavy (non-hydrogen) atoms. The Hall–Kier alpha value is -2.87. The maximum atomic E-state index is 13.5. The lowest BCUT2D eigenvalue weighted by Gasteiger charge is -2.23. The average Bonchev–Trinajstić information content (AvgIpc) is 3.26. The molecule has 0 saturated carbocycles. The van der Waals surface area contributed by atoms with E-state index in [2.05, 4.69) is 10.3 Å². The van der Waals surface area contributed by atoms with Gasteiger partial charge in [0.25, 0.3) is 0 Å². The Morgan fingerprint density at radius 1 is 1.18 bits per heavy atom. The number of ether oxygens (including phenoxy) is 1. The van der Waals surface area contributed by atoms with Crippen LogP contribution in [0.5, 0.6) is 5.88 Å². The third-order valence-electron chi connectivity index (χ3n) is 4.97. The van der Waals surface area contributed by atoms with Gasteiger partial charge in [0.15, 0.2) is 17.5 Å². The van der Waals surface area contributed by atoms with E-state index in [-0.39, 0.29) is 25.4 Å². The van der Waals surface area contributed by atoms with Gasteiger partial charge in [0.2, 0.25) is 21.8 Å². The van der Waals surface area contributed by atoms with Crippen molar-refractivity contribution >= 4 is 15.9 Å². The van der Waals surface area contributed by atoms with Crippen molar-refractivity contribution in [3.8, 4) is 5.88 Å². The fourth-order valence-electron chi connectivity index (χ4n) is 3.32. The molecule has 0 radical (unpaired) electrons. The van der Waals surface area contributed by atoms with Crippen LogP contribution in [0.15, 0.2) is 35.4 Å². The molecular formula is C20H19F6N3O4S. The standard InChI is InChI=1S/C20H19F6N3O4S/c21-14-9-13(10-15(22)18(14)23)34(31,32)29-6-1-2-16(29)19(30)28-11-12-3-5-27-17(8-12)33-7-4-20(24,25)26/h3,5,8-10,16H,1-2,4,6-7,11H2,(H,28,30)/t16-/m0/s1. The first-order valence-electron chi connectivity index (χ1n) is 9.97. The zero-order chi connectivity index (χ0) is 25.1. The van der Waals surface area contributed by atoms with Gasteiger partial charge in [-0.3, -0.25) is 4.79 Å². The lowest BCUT2D eigenvalue weighted by Crippen LogP contribution is -2.45. The van der Waals surface area contributed by atoms with Crippen LogP contribution < -0.4 is 10.1 Å². The molecule has 1 aromatic heterocycles. The smallest absolute Gasteiger partial charge is 0.392 e. The minimum Gasteiger partial charge on any atom is -0.477 e. The molecule has 0 aliphatic carbocycles. The number of pyridine rings is 1. The van der Waals surface area contributed by atoms with Crippen LogP contribution in [0.3, 0.4) is 0 Å². The van der Waals surface area contributed by atoms with Gasteiger partial charge in [-0.05, 0) is 36.6 Å². The van der Waals surface area contributed by atoms with E-state index in [1.807, 2.05) is 0 Å². The highest BCUT2D eigenvalue weighted by atomic mass is 32.2. The quantitative estimate of drug-likeness (QED) is 0.434. The summed E-state index contributed by atoms with van der Waals surface area (Å²) in [6.07, 6.45) is -3.84. The van der Waals surface area contributed by atoms with E-state index in [1.165, 1.54) is 18.3 Å². The third-order valence-corrected chi connectivity index (χ3v) is 6.86. The highest BCUT2D eigenvalue weighted by Crippen LogP contribution is 2.28. The normalized spacial score (nSPS) is 17.1. The summed E-state index contributed by atoms with van der Waals surface area (Å²) in [5.74, 6) is -5.94. The second-order valence-corrected chi connectivity index (χ2v) is 9.30. The van der Waals surface area contributed by atoms with E-state index in [9.17, 15) is 39.6 Å². The molecular weight excluding hydrogens is 492 g/mol. The van der Waals surface area contributed by atoms with Crippen molar-refractivity contribution in [3.05, 3.63) is 53.5 Å². The predicted octanol–water partition coefficient (Wildman–Crippen LogP) is 3.30. The van der Waals surface area contributed by atoms with Gasteiger partial charge >= 0.3 is 6.18 Å². The van der Waals surface area contributed by atoms with Gasteiger partial charge in [0, 0.05) is 25.4 Å². The highest BCUT2D eigenvalue weighted by Gasteiger charge is 2.40. The SMILES string of the molecule is O=C(NCc1ccnc(OCCC(F)(F)F)c1)[C@@H]1CCCN1S(=O)(=O)c1cc(F)c(F)c(F)c1. The minimum atomic E-state index is -4.50. The lowest BCUT2D eigenvalue weighted by molar-refractivity contribution is -0.139. The second-order valence-electron chi connectivity index (χ2n) is 7.41. The molecule has 186 valence electrons. The van der Waals surface area contributed by atoms with Gasteiger partial charge in [-0.25, -0.2) is 26.6 Å². The molecule has 1 amide bonds. The summed E-state index contributed by atoms with van der Waals surface area (Å²) in [7, 11) is -4.50. The largest absolute Gasteiger partial charge is 0.477 e.